The van der Waals surface area contributed by atoms with Gasteiger partial charge in [-0.25, -0.2) is 4.79 Å². The lowest BCUT2D eigenvalue weighted by molar-refractivity contribution is -0.101. The summed E-state index contributed by atoms with van der Waals surface area (Å²) in [4.78, 5) is 15.0. The number of aliphatic hydroxyl groups is 2. The molecule has 2 atom stereocenters. The minimum atomic E-state index is -0.980. The van der Waals surface area contributed by atoms with Crippen molar-refractivity contribution in [2.75, 3.05) is 6.54 Å². The second-order valence-electron chi connectivity index (χ2n) is 10.4. The summed E-state index contributed by atoms with van der Waals surface area (Å²) < 4.78 is 6.10. The Labute approximate surface area is 202 Å². The van der Waals surface area contributed by atoms with E-state index in [9.17, 15) is 15.0 Å². The van der Waals surface area contributed by atoms with Gasteiger partial charge in [0.25, 0.3) is 0 Å². The van der Waals surface area contributed by atoms with E-state index < -0.39 is 16.8 Å². The molecule has 2 fully saturated rings. The molecule has 0 aromatic heterocycles. The number of hydrogen-bond donors (Lipinski definition) is 2. The highest BCUT2D eigenvalue weighted by Crippen LogP contribution is 2.42. The van der Waals surface area contributed by atoms with Crippen molar-refractivity contribution >= 4 is 6.09 Å². The summed E-state index contributed by atoms with van der Waals surface area (Å²) in [7, 11) is 0. The molecule has 0 unspecified atom stereocenters. The standard InChI is InChI=1S/C29H35NO4/c1-22(24-13-11-23(12-14-24)15-18-28(33)16-7-8-17-28)30-20-19-29(34-26(30)31,21-27(2,3)32)25-9-5-4-6-10-25/h4-6,9-14,22,32-33H,7-8,16-17,19-21H2,1-3H3/t22-,29-/m0/s1. The van der Waals surface area contributed by atoms with Crippen molar-refractivity contribution in [3.8, 4) is 11.8 Å². The number of rotatable bonds is 5. The largest absolute Gasteiger partial charge is 0.438 e. The summed E-state index contributed by atoms with van der Waals surface area (Å²) in [6.07, 6.45) is 4.08. The Bertz CT molecular complexity index is 1060. The highest BCUT2D eigenvalue weighted by atomic mass is 16.6. The molecule has 2 aliphatic rings. The molecule has 4 rings (SSSR count). The fourth-order valence-corrected chi connectivity index (χ4v) is 5.19. The Morgan fingerprint density at radius 3 is 2.29 bits per heavy atom. The maximum absolute atomic E-state index is 13.2. The molecule has 1 amide bonds. The van der Waals surface area contributed by atoms with Gasteiger partial charge in [-0.3, -0.25) is 0 Å². The lowest BCUT2D eigenvalue weighted by Crippen LogP contribution is -2.51. The van der Waals surface area contributed by atoms with Gasteiger partial charge in [0.15, 0.2) is 0 Å². The van der Waals surface area contributed by atoms with Crippen LogP contribution in [-0.2, 0) is 10.3 Å². The molecule has 180 valence electrons. The maximum atomic E-state index is 13.2. The third-order valence-electron chi connectivity index (χ3n) is 7.02. The molecular formula is C29H35NO4. The van der Waals surface area contributed by atoms with E-state index in [0.717, 1.165) is 42.4 Å². The number of carbonyl (C=O) groups is 1. The Hall–Kier alpha value is -2.81. The second kappa shape index (κ2) is 9.44. The summed E-state index contributed by atoms with van der Waals surface area (Å²) in [5, 5.41) is 21.0. The molecule has 0 radical (unpaired) electrons. The van der Waals surface area contributed by atoms with Crippen LogP contribution < -0.4 is 0 Å². The van der Waals surface area contributed by atoms with E-state index in [4.69, 9.17) is 4.74 Å². The van der Waals surface area contributed by atoms with Crippen LogP contribution in [0.1, 0.15) is 82.0 Å². The second-order valence-corrected chi connectivity index (χ2v) is 10.4. The van der Waals surface area contributed by atoms with Gasteiger partial charge >= 0.3 is 6.09 Å². The van der Waals surface area contributed by atoms with Gasteiger partial charge in [-0.2, -0.15) is 0 Å². The quantitative estimate of drug-likeness (QED) is 0.593. The molecule has 1 aliphatic heterocycles. The number of cyclic esters (lactones) is 1. The summed E-state index contributed by atoms with van der Waals surface area (Å²) in [6, 6.07) is 17.4. The van der Waals surface area contributed by atoms with Gasteiger partial charge < -0.3 is 19.8 Å². The molecular weight excluding hydrogens is 426 g/mol. The summed E-state index contributed by atoms with van der Waals surface area (Å²) in [5.74, 6) is 6.14. The van der Waals surface area contributed by atoms with Crippen molar-refractivity contribution in [2.24, 2.45) is 0 Å². The highest BCUT2D eigenvalue weighted by molar-refractivity contribution is 5.70. The summed E-state index contributed by atoms with van der Waals surface area (Å²) >= 11 is 0. The van der Waals surface area contributed by atoms with Crippen molar-refractivity contribution < 1.29 is 19.7 Å². The van der Waals surface area contributed by atoms with E-state index in [-0.39, 0.29) is 12.1 Å². The number of nitrogens with zero attached hydrogens (tertiary/aromatic N) is 1. The summed E-state index contributed by atoms with van der Waals surface area (Å²) in [6.45, 7) is 6.01. The lowest BCUT2D eigenvalue weighted by atomic mass is 9.80. The zero-order valence-electron chi connectivity index (χ0n) is 20.4. The first-order valence-corrected chi connectivity index (χ1v) is 12.2. The number of amides is 1. The van der Waals surface area contributed by atoms with E-state index in [0.29, 0.717) is 19.4 Å². The predicted molar refractivity (Wildman–Crippen MR) is 132 cm³/mol. The van der Waals surface area contributed by atoms with Crippen LogP contribution in [-0.4, -0.2) is 39.0 Å². The molecule has 34 heavy (non-hydrogen) atoms. The van der Waals surface area contributed by atoms with Gasteiger partial charge in [0.05, 0.1) is 11.6 Å². The zero-order chi connectivity index (χ0) is 24.4. The molecule has 1 saturated carbocycles. The molecule has 5 heteroatoms. The summed E-state index contributed by atoms with van der Waals surface area (Å²) in [5.41, 5.74) is 0.0732. The van der Waals surface area contributed by atoms with Crippen molar-refractivity contribution in [1.82, 2.24) is 4.90 Å². The van der Waals surface area contributed by atoms with E-state index >= 15 is 0 Å². The van der Waals surface area contributed by atoms with E-state index in [2.05, 4.69) is 11.8 Å². The van der Waals surface area contributed by atoms with Crippen LogP contribution in [0.4, 0.5) is 4.79 Å². The SMILES string of the molecule is C[C@@H](c1ccc(C#CC2(O)CCCC2)cc1)N1CC[C@](CC(C)(C)O)(c2ccccc2)OC1=O. The van der Waals surface area contributed by atoms with Crippen LogP contribution in [0.25, 0.3) is 0 Å². The van der Waals surface area contributed by atoms with Gasteiger partial charge in [0.2, 0.25) is 0 Å². The van der Waals surface area contributed by atoms with Gasteiger partial charge in [-0.1, -0.05) is 54.3 Å². The molecule has 2 aromatic carbocycles. The van der Waals surface area contributed by atoms with Gasteiger partial charge in [-0.15, -0.1) is 0 Å². The van der Waals surface area contributed by atoms with E-state index in [1.54, 1.807) is 18.7 Å². The Kier molecular flexibility index (Phi) is 6.75. The van der Waals surface area contributed by atoms with Crippen LogP contribution in [0.5, 0.6) is 0 Å². The van der Waals surface area contributed by atoms with Crippen LogP contribution in [0, 0.1) is 11.8 Å². The average molecular weight is 462 g/mol. The number of ether oxygens (including phenoxy) is 1. The minimum Gasteiger partial charge on any atom is -0.438 e. The van der Waals surface area contributed by atoms with Gasteiger partial charge in [-0.05, 0) is 69.7 Å². The maximum Gasteiger partial charge on any atom is 0.411 e. The number of carbonyl (C=O) groups excluding carboxylic acids is 1. The van der Waals surface area contributed by atoms with Crippen LogP contribution >= 0.6 is 0 Å². The molecule has 1 heterocycles. The Morgan fingerprint density at radius 2 is 1.71 bits per heavy atom. The van der Waals surface area contributed by atoms with Crippen LogP contribution in [0.3, 0.4) is 0 Å². The first-order valence-electron chi connectivity index (χ1n) is 12.2. The predicted octanol–water partition coefficient (Wildman–Crippen LogP) is 5.30. The highest BCUT2D eigenvalue weighted by Gasteiger charge is 2.46. The molecule has 0 bridgehead atoms. The lowest BCUT2D eigenvalue weighted by Gasteiger charge is -2.45. The first kappa shape index (κ1) is 24.3. The third-order valence-corrected chi connectivity index (χ3v) is 7.02. The topological polar surface area (TPSA) is 70.0 Å². The fraction of sp³-hybridized carbons (Fsp3) is 0.483. The molecule has 5 nitrogen and oxygen atoms in total. The van der Waals surface area contributed by atoms with Crippen molar-refractivity contribution in [2.45, 2.75) is 82.1 Å². The van der Waals surface area contributed by atoms with Gasteiger partial charge in [0.1, 0.15) is 11.2 Å². The number of hydrogen-bond acceptors (Lipinski definition) is 4. The van der Waals surface area contributed by atoms with Crippen molar-refractivity contribution in [1.29, 1.82) is 0 Å². The normalized spacial score (nSPS) is 23.1. The molecule has 1 aliphatic carbocycles. The number of benzene rings is 2. The van der Waals surface area contributed by atoms with Crippen molar-refractivity contribution in [3.63, 3.8) is 0 Å². The van der Waals surface area contributed by atoms with Crippen LogP contribution in [0.2, 0.25) is 0 Å². The average Bonchev–Trinajstić information content (AvgIpc) is 3.24. The molecule has 2 N–H and O–H groups in total. The Balaban J connectivity index is 1.48. The molecule has 1 saturated heterocycles. The molecule has 2 aromatic rings. The monoisotopic (exact) mass is 461 g/mol. The van der Waals surface area contributed by atoms with E-state index in [1.807, 2.05) is 61.5 Å². The minimum absolute atomic E-state index is 0.163. The van der Waals surface area contributed by atoms with Crippen molar-refractivity contribution in [3.05, 3.63) is 71.3 Å². The zero-order valence-corrected chi connectivity index (χ0v) is 20.4. The smallest absolute Gasteiger partial charge is 0.411 e. The van der Waals surface area contributed by atoms with Gasteiger partial charge in [0, 0.05) is 24.9 Å². The van der Waals surface area contributed by atoms with Crippen LogP contribution in [0.15, 0.2) is 54.6 Å². The van der Waals surface area contributed by atoms with E-state index in [1.165, 1.54) is 0 Å². The fourth-order valence-electron chi connectivity index (χ4n) is 5.19. The Morgan fingerprint density at radius 1 is 1.06 bits per heavy atom. The molecule has 0 spiro atoms. The first-order chi connectivity index (χ1) is 16.1. The third kappa shape index (κ3) is 5.46.